The molecule has 0 aliphatic carbocycles. The van der Waals surface area contributed by atoms with Gasteiger partial charge in [-0.05, 0) is 0 Å². The number of rotatable bonds is 9. The number of carbonyl (C=O) groups is 2. The molecule has 0 aliphatic heterocycles. The van der Waals surface area contributed by atoms with E-state index in [-0.39, 0.29) is 13.2 Å². The van der Waals surface area contributed by atoms with Crippen LogP contribution in [0.1, 0.15) is 6.42 Å². The van der Waals surface area contributed by atoms with E-state index in [4.69, 9.17) is 0 Å². The summed E-state index contributed by atoms with van der Waals surface area (Å²) in [4.78, 5) is 23.3. The van der Waals surface area contributed by atoms with Crippen LogP contribution in [0.4, 0.5) is 0 Å². The third-order valence-corrected chi connectivity index (χ3v) is 2.30. The molecule has 112 valence electrons. The predicted octanol–water partition coefficient (Wildman–Crippen LogP) is -0.567. The third kappa shape index (κ3) is 3.77. The molecule has 0 saturated heterocycles. The van der Waals surface area contributed by atoms with Crippen molar-refractivity contribution in [2.45, 2.75) is 17.8 Å². The van der Waals surface area contributed by atoms with Crippen LogP contribution in [0, 0.1) is 0 Å². The van der Waals surface area contributed by atoms with Crippen LogP contribution in [0.15, 0.2) is 38.0 Å². The largest absolute Gasteiger partial charge is 0.459 e. The minimum Gasteiger partial charge on any atom is -0.459 e. The highest BCUT2D eigenvalue weighted by molar-refractivity contribution is 5.91. The molecule has 20 heavy (non-hydrogen) atoms. The standard InChI is InChI=1S/C13H18O7/c1-4-7-12(16,10(14)19-8-5-2)13(17,18)11(15)20-9-6-3/h4-6,16-18H,1-3,7-9H2. The van der Waals surface area contributed by atoms with Gasteiger partial charge in [-0.15, -0.1) is 6.58 Å². The fraction of sp³-hybridized carbons (Fsp3) is 0.385. The molecule has 0 aliphatic rings. The van der Waals surface area contributed by atoms with Crippen molar-refractivity contribution in [2.24, 2.45) is 0 Å². The second-order valence-electron chi connectivity index (χ2n) is 3.80. The van der Waals surface area contributed by atoms with Crippen LogP contribution in [0.25, 0.3) is 0 Å². The van der Waals surface area contributed by atoms with Crippen LogP contribution in [0.3, 0.4) is 0 Å². The molecule has 0 rings (SSSR count). The smallest absolute Gasteiger partial charge is 0.370 e. The lowest BCUT2D eigenvalue weighted by Gasteiger charge is -2.34. The van der Waals surface area contributed by atoms with Crippen LogP contribution in [-0.4, -0.2) is 51.9 Å². The SMILES string of the molecule is C=CCOC(=O)C(O)(O)C(O)(CC=C)C(=O)OCC=C. The van der Waals surface area contributed by atoms with Crippen molar-refractivity contribution in [3.63, 3.8) is 0 Å². The van der Waals surface area contributed by atoms with Crippen LogP contribution in [0.5, 0.6) is 0 Å². The third-order valence-electron chi connectivity index (χ3n) is 2.30. The van der Waals surface area contributed by atoms with Gasteiger partial charge in [0.1, 0.15) is 13.2 Å². The van der Waals surface area contributed by atoms with Crippen molar-refractivity contribution in [3.05, 3.63) is 38.0 Å². The zero-order valence-corrected chi connectivity index (χ0v) is 10.9. The molecule has 1 atom stereocenters. The monoisotopic (exact) mass is 286 g/mol. The molecule has 0 aromatic rings. The highest BCUT2D eigenvalue weighted by Gasteiger charge is 2.61. The Labute approximate surface area is 116 Å². The van der Waals surface area contributed by atoms with Crippen LogP contribution in [-0.2, 0) is 19.1 Å². The first-order valence-electron chi connectivity index (χ1n) is 5.62. The highest BCUT2D eigenvalue weighted by atomic mass is 16.6. The Kier molecular flexibility index (Phi) is 6.84. The summed E-state index contributed by atoms with van der Waals surface area (Å²) in [6.45, 7) is 9.22. The molecule has 0 saturated carbocycles. The number of carbonyl (C=O) groups excluding carboxylic acids is 2. The van der Waals surface area contributed by atoms with Crippen molar-refractivity contribution < 1.29 is 34.4 Å². The zero-order valence-electron chi connectivity index (χ0n) is 10.9. The van der Waals surface area contributed by atoms with Gasteiger partial charge in [-0.2, -0.15) is 0 Å². The van der Waals surface area contributed by atoms with Gasteiger partial charge in [0.05, 0.1) is 0 Å². The van der Waals surface area contributed by atoms with E-state index >= 15 is 0 Å². The number of hydrogen-bond donors (Lipinski definition) is 3. The lowest BCUT2D eigenvalue weighted by Crippen LogP contribution is -2.64. The Balaban J connectivity index is 5.34. The molecular weight excluding hydrogens is 268 g/mol. The van der Waals surface area contributed by atoms with Crippen LogP contribution < -0.4 is 0 Å². The van der Waals surface area contributed by atoms with E-state index in [0.29, 0.717) is 0 Å². The summed E-state index contributed by atoms with van der Waals surface area (Å²) in [5, 5.41) is 29.6. The van der Waals surface area contributed by atoms with Crippen LogP contribution >= 0.6 is 0 Å². The molecule has 0 bridgehead atoms. The Morgan fingerprint density at radius 2 is 1.35 bits per heavy atom. The Bertz CT molecular complexity index is 400. The highest BCUT2D eigenvalue weighted by Crippen LogP contribution is 2.27. The molecule has 7 heteroatoms. The number of ether oxygens (including phenoxy) is 2. The normalized spacial score (nSPS) is 13.8. The Morgan fingerprint density at radius 1 is 0.900 bits per heavy atom. The van der Waals surface area contributed by atoms with Gasteiger partial charge in [-0.1, -0.05) is 31.4 Å². The van der Waals surface area contributed by atoms with Gasteiger partial charge in [0, 0.05) is 6.42 Å². The van der Waals surface area contributed by atoms with Gasteiger partial charge in [0.25, 0.3) is 0 Å². The lowest BCUT2D eigenvalue weighted by molar-refractivity contribution is -0.274. The van der Waals surface area contributed by atoms with E-state index in [2.05, 4.69) is 29.2 Å². The predicted molar refractivity (Wildman–Crippen MR) is 69.2 cm³/mol. The molecule has 0 fully saturated rings. The number of esters is 2. The lowest BCUT2D eigenvalue weighted by atomic mass is 9.89. The fourth-order valence-electron chi connectivity index (χ4n) is 1.23. The summed E-state index contributed by atoms with van der Waals surface area (Å²) in [7, 11) is 0. The topological polar surface area (TPSA) is 113 Å². The molecular formula is C13H18O7. The summed E-state index contributed by atoms with van der Waals surface area (Å²) in [6, 6.07) is 0. The maximum absolute atomic E-state index is 11.7. The van der Waals surface area contributed by atoms with E-state index < -0.39 is 29.7 Å². The first-order valence-corrected chi connectivity index (χ1v) is 5.62. The van der Waals surface area contributed by atoms with Crippen molar-refractivity contribution in [1.82, 2.24) is 0 Å². The minimum absolute atomic E-state index is 0.282. The quantitative estimate of drug-likeness (QED) is 0.295. The van der Waals surface area contributed by atoms with Gasteiger partial charge >= 0.3 is 17.7 Å². The van der Waals surface area contributed by atoms with Gasteiger partial charge in [0.2, 0.25) is 5.60 Å². The van der Waals surface area contributed by atoms with Crippen LogP contribution in [0.2, 0.25) is 0 Å². The molecule has 7 nitrogen and oxygen atoms in total. The summed E-state index contributed by atoms with van der Waals surface area (Å²) in [5.74, 6) is -6.53. The molecule has 0 radical (unpaired) electrons. The van der Waals surface area contributed by atoms with Crippen molar-refractivity contribution in [1.29, 1.82) is 0 Å². The number of hydrogen-bond acceptors (Lipinski definition) is 7. The maximum atomic E-state index is 11.7. The van der Waals surface area contributed by atoms with Gasteiger partial charge in [-0.25, -0.2) is 9.59 Å². The van der Waals surface area contributed by atoms with E-state index in [1.165, 1.54) is 12.2 Å². The fourth-order valence-corrected chi connectivity index (χ4v) is 1.23. The molecule has 0 aromatic heterocycles. The molecule has 0 amide bonds. The van der Waals surface area contributed by atoms with E-state index in [9.17, 15) is 24.9 Å². The summed E-state index contributed by atoms with van der Waals surface area (Å²) in [5.41, 5.74) is -2.95. The first kappa shape index (κ1) is 18.0. The van der Waals surface area contributed by atoms with Gasteiger partial charge < -0.3 is 24.8 Å². The van der Waals surface area contributed by atoms with E-state index in [1.807, 2.05) is 0 Å². The summed E-state index contributed by atoms with van der Waals surface area (Å²) in [6.07, 6.45) is 2.77. The van der Waals surface area contributed by atoms with E-state index in [1.54, 1.807) is 0 Å². The average molecular weight is 286 g/mol. The second kappa shape index (κ2) is 7.59. The van der Waals surface area contributed by atoms with Crippen molar-refractivity contribution in [3.8, 4) is 0 Å². The number of aliphatic hydroxyl groups is 3. The molecule has 0 aromatic carbocycles. The van der Waals surface area contributed by atoms with Gasteiger partial charge in [-0.3, -0.25) is 0 Å². The van der Waals surface area contributed by atoms with Crippen molar-refractivity contribution in [2.75, 3.05) is 13.2 Å². The first-order chi connectivity index (χ1) is 9.27. The minimum atomic E-state index is -3.50. The summed E-state index contributed by atoms with van der Waals surface area (Å²) >= 11 is 0. The molecule has 0 heterocycles. The average Bonchev–Trinajstić information content (AvgIpc) is 2.41. The maximum Gasteiger partial charge on any atom is 0.370 e. The molecule has 3 N–H and O–H groups in total. The summed E-state index contributed by atoms with van der Waals surface area (Å²) < 4.78 is 8.97. The van der Waals surface area contributed by atoms with E-state index in [0.717, 1.165) is 6.08 Å². The van der Waals surface area contributed by atoms with Gasteiger partial charge in [0.15, 0.2) is 0 Å². The molecule has 1 unspecified atom stereocenters. The Morgan fingerprint density at radius 3 is 1.75 bits per heavy atom. The molecule has 0 spiro atoms. The zero-order chi connectivity index (χ0) is 15.8. The Hall–Kier alpha value is -1.96. The second-order valence-corrected chi connectivity index (χ2v) is 3.80. The van der Waals surface area contributed by atoms with Crippen molar-refractivity contribution >= 4 is 11.9 Å².